The molecule has 1 aromatic heterocycles. The van der Waals surface area contributed by atoms with Crippen LogP contribution in [0.25, 0.3) is 0 Å². The quantitative estimate of drug-likeness (QED) is 0.858. The van der Waals surface area contributed by atoms with Crippen molar-refractivity contribution in [2.45, 2.75) is 13.1 Å². The zero-order valence-electron chi connectivity index (χ0n) is 10.9. The van der Waals surface area contributed by atoms with Gasteiger partial charge in [0.1, 0.15) is 23.1 Å². The van der Waals surface area contributed by atoms with Crippen molar-refractivity contribution in [3.05, 3.63) is 47.2 Å². The van der Waals surface area contributed by atoms with E-state index in [2.05, 4.69) is 4.98 Å². The van der Waals surface area contributed by atoms with Crippen molar-refractivity contribution in [1.29, 1.82) is 5.26 Å². The highest BCUT2D eigenvalue weighted by molar-refractivity contribution is 5.51. The van der Waals surface area contributed by atoms with Crippen molar-refractivity contribution in [1.82, 2.24) is 4.98 Å². The third-order valence-corrected chi connectivity index (χ3v) is 2.73. The smallest absolute Gasteiger partial charge is 0.433 e. The van der Waals surface area contributed by atoms with Gasteiger partial charge in [0.25, 0.3) is 0 Å². The predicted octanol–water partition coefficient (Wildman–Crippen LogP) is 3.66. The Morgan fingerprint density at radius 3 is 2.52 bits per heavy atom. The Labute approximate surface area is 118 Å². The number of nitriles is 1. The minimum Gasteiger partial charge on any atom is -0.438 e. The Kier molecular flexibility index (Phi) is 3.72. The first kappa shape index (κ1) is 14.7. The lowest BCUT2D eigenvalue weighted by atomic mass is 10.2. The molecule has 0 spiro atoms. The van der Waals surface area contributed by atoms with Crippen molar-refractivity contribution < 1.29 is 17.9 Å². The van der Waals surface area contributed by atoms with Crippen molar-refractivity contribution in [2.24, 2.45) is 0 Å². The molecule has 0 saturated carbocycles. The highest BCUT2D eigenvalue weighted by Gasteiger charge is 2.33. The normalized spacial score (nSPS) is 11.0. The van der Waals surface area contributed by atoms with Gasteiger partial charge in [-0.1, -0.05) is 0 Å². The number of benzene rings is 1. The topological polar surface area (TPSA) is 71.9 Å². The first-order chi connectivity index (χ1) is 9.81. The number of alkyl halides is 3. The summed E-state index contributed by atoms with van der Waals surface area (Å²) in [7, 11) is 0. The number of nitrogens with zero attached hydrogens (tertiary/aromatic N) is 2. The van der Waals surface area contributed by atoms with Gasteiger partial charge >= 0.3 is 6.18 Å². The van der Waals surface area contributed by atoms with E-state index in [1.54, 1.807) is 25.1 Å². The molecule has 0 aliphatic rings. The van der Waals surface area contributed by atoms with Crippen LogP contribution in [-0.4, -0.2) is 4.98 Å². The van der Waals surface area contributed by atoms with Crippen LogP contribution in [0.5, 0.6) is 11.6 Å². The van der Waals surface area contributed by atoms with Crippen LogP contribution in [0.3, 0.4) is 0 Å². The van der Waals surface area contributed by atoms with E-state index in [0.29, 0.717) is 11.3 Å². The van der Waals surface area contributed by atoms with Crippen LogP contribution in [0, 0.1) is 18.3 Å². The molecule has 0 aliphatic carbocycles. The van der Waals surface area contributed by atoms with Gasteiger partial charge in [-0.3, -0.25) is 0 Å². The molecule has 4 nitrogen and oxygen atoms in total. The minimum atomic E-state index is -4.61. The number of pyridine rings is 1. The van der Waals surface area contributed by atoms with Crippen LogP contribution in [0.15, 0.2) is 30.3 Å². The fourth-order valence-electron chi connectivity index (χ4n) is 1.58. The second-order valence-corrected chi connectivity index (χ2v) is 4.28. The van der Waals surface area contributed by atoms with Gasteiger partial charge < -0.3 is 10.5 Å². The maximum atomic E-state index is 12.6. The van der Waals surface area contributed by atoms with Gasteiger partial charge in [-0.15, -0.1) is 0 Å². The highest BCUT2D eigenvalue weighted by atomic mass is 19.4. The van der Waals surface area contributed by atoms with Crippen LogP contribution in [0.1, 0.15) is 16.8 Å². The molecule has 21 heavy (non-hydrogen) atoms. The zero-order valence-corrected chi connectivity index (χ0v) is 10.9. The molecule has 1 aromatic carbocycles. The van der Waals surface area contributed by atoms with Gasteiger partial charge in [0, 0.05) is 5.69 Å². The standard InChI is InChI=1S/C14H10F3N3O/c1-8-6-10(3-4-11(8)19)21-13-9(7-18)2-5-12(20-13)14(15,16)17/h2-6H,19H2,1H3. The molecule has 1 heterocycles. The van der Waals surface area contributed by atoms with Gasteiger partial charge in [-0.05, 0) is 42.8 Å². The third-order valence-electron chi connectivity index (χ3n) is 2.73. The third kappa shape index (κ3) is 3.23. The molecule has 2 N–H and O–H groups in total. The molecule has 0 bridgehead atoms. The fourth-order valence-corrected chi connectivity index (χ4v) is 1.58. The van der Waals surface area contributed by atoms with Crippen LogP contribution >= 0.6 is 0 Å². The fraction of sp³-hybridized carbons (Fsp3) is 0.143. The Morgan fingerprint density at radius 1 is 1.24 bits per heavy atom. The summed E-state index contributed by atoms with van der Waals surface area (Å²) in [5.41, 5.74) is 5.67. The van der Waals surface area contributed by atoms with Gasteiger partial charge in [0.05, 0.1) is 0 Å². The maximum Gasteiger partial charge on any atom is 0.433 e. The number of hydrogen-bond donors (Lipinski definition) is 1. The first-order valence-corrected chi connectivity index (χ1v) is 5.83. The van der Waals surface area contributed by atoms with Gasteiger partial charge in [0.15, 0.2) is 0 Å². The van der Waals surface area contributed by atoms with Crippen molar-refractivity contribution in [3.8, 4) is 17.7 Å². The van der Waals surface area contributed by atoms with E-state index in [9.17, 15) is 13.2 Å². The number of rotatable bonds is 2. The lowest BCUT2D eigenvalue weighted by Crippen LogP contribution is -2.09. The van der Waals surface area contributed by atoms with E-state index < -0.39 is 17.8 Å². The average molecular weight is 293 g/mol. The molecule has 2 rings (SSSR count). The molecule has 0 atom stereocenters. The Morgan fingerprint density at radius 2 is 1.95 bits per heavy atom. The zero-order chi connectivity index (χ0) is 15.6. The lowest BCUT2D eigenvalue weighted by molar-refractivity contribution is -0.141. The van der Waals surface area contributed by atoms with E-state index in [1.807, 2.05) is 0 Å². The Bertz CT molecular complexity index is 720. The number of ether oxygens (including phenoxy) is 1. The lowest BCUT2D eigenvalue weighted by Gasteiger charge is -2.11. The van der Waals surface area contributed by atoms with E-state index >= 15 is 0 Å². The largest absolute Gasteiger partial charge is 0.438 e. The summed E-state index contributed by atoms with van der Waals surface area (Å²) in [6, 6.07) is 8.11. The highest BCUT2D eigenvalue weighted by Crippen LogP contribution is 2.32. The number of halogens is 3. The summed E-state index contributed by atoms with van der Waals surface area (Å²) in [4.78, 5) is 3.36. The predicted molar refractivity (Wildman–Crippen MR) is 69.6 cm³/mol. The monoisotopic (exact) mass is 293 g/mol. The number of aromatic nitrogens is 1. The molecule has 0 saturated heterocycles. The molecule has 108 valence electrons. The van der Waals surface area contributed by atoms with Crippen molar-refractivity contribution >= 4 is 5.69 Å². The Balaban J connectivity index is 2.42. The second kappa shape index (κ2) is 5.32. The molecule has 0 fully saturated rings. The summed E-state index contributed by atoms with van der Waals surface area (Å²) in [5.74, 6) is -0.137. The summed E-state index contributed by atoms with van der Waals surface area (Å²) < 4.78 is 43.2. The Hall–Kier alpha value is -2.75. The van der Waals surface area contributed by atoms with Gasteiger partial charge in [-0.2, -0.15) is 18.4 Å². The number of nitrogens with two attached hydrogens (primary N) is 1. The number of nitrogen functional groups attached to an aromatic ring is 1. The molecule has 7 heteroatoms. The van der Waals surface area contributed by atoms with Crippen molar-refractivity contribution in [3.63, 3.8) is 0 Å². The number of aryl methyl sites for hydroxylation is 1. The summed E-state index contributed by atoms with van der Waals surface area (Å²) >= 11 is 0. The van der Waals surface area contributed by atoms with E-state index in [1.165, 1.54) is 6.07 Å². The van der Waals surface area contributed by atoms with Crippen LogP contribution < -0.4 is 10.5 Å². The number of anilines is 1. The van der Waals surface area contributed by atoms with E-state index in [-0.39, 0.29) is 11.3 Å². The second-order valence-electron chi connectivity index (χ2n) is 4.28. The summed E-state index contributed by atoms with van der Waals surface area (Å²) in [6.45, 7) is 1.73. The molecular weight excluding hydrogens is 283 g/mol. The molecule has 0 radical (unpaired) electrons. The average Bonchev–Trinajstić information content (AvgIpc) is 2.42. The van der Waals surface area contributed by atoms with E-state index in [4.69, 9.17) is 15.7 Å². The SMILES string of the molecule is Cc1cc(Oc2nc(C(F)(F)F)ccc2C#N)ccc1N. The van der Waals surface area contributed by atoms with Crippen LogP contribution in [0.4, 0.5) is 18.9 Å². The molecule has 0 unspecified atom stereocenters. The molecular formula is C14H10F3N3O. The molecule has 2 aromatic rings. The van der Waals surface area contributed by atoms with Crippen molar-refractivity contribution in [2.75, 3.05) is 5.73 Å². The van der Waals surface area contributed by atoms with Gasteiger partial charge in [0.2, 0.25) is 5.88 Å². The minimum absolute atomic E-state index is 0.0857. The summed E-state index contributed by atoms with van der Waals surface area (Å²) in [6.07, 6.45) is -4.61. The van der Waals surface area contributed by atoms with E-state index in [0.717, 1.165) is 12.1 Å². The summed E-state index contributed by atoms with van der Waals surface area (Å²) in [5, 5.41) is 8.92. The van der Waals surface area contributed by atoms with Gasteiger partial charge in [-0.25, -0.2) is 4.98 Å². The van der Waals surface area contributed by atoms with Crippen LogP contribution in [0.2, 0.25) is 0 Å². The molecule has 0 aliphatic heterocycles. The van der Waals surface area contributed by atoms with Crippen LogP contribution in [-0.2, 0) is 6.18 Å². The number of hydrogen-bond acceptors (Lipinski definition) is 4. The first-order valence-electron chi connectivity index (χ1n) is 5.83. The maximum absolute atomic E-state index is 12.6. The molecule has 0 amide bonds.